The molecule has 0 saturated carbocycles. The van der Waals surface area contributed by atoms with Crippen LogP contribution in [0, 0.1) is 0 Å². The summed E-state index contributed by atoms with van der Waals surface area (Å²) < 4.78 is 0. The Morgan fingerprint density at radius 2 is 1.44 bits per heavy atom. The number of amides is 1. The summed E-state index contributed by atoms with van der Waals surface area (Å²) in [5.74, 6) is -0.0756. The molecule has 0 aromatic heterocycles. The van der Waals surface area contributed by atoms with Crippen LogP contribution in [0.5, 0.6) is 0 Å². The summed E-state index contributed by atoms with van der Waals surface area (Å²) in [6.45, 7) is 0. The Labute approximate surface area is 148 Å². The number of carbonyl (C=O) groups excluding carboxylic acids is 1. The second kappa shape index (κ2) is 7.22. The number of nitrogens with zero attached hydrogens (tertiary/aromatic N) is 1. The minimum absolute atomic E-state index is 0.0756. The smallest absolute Gasteiger partial charge is 0.251 e. The molecule has 3 rings (SSSR count). The summed E-state index contributed by atoms with van der Waals surface area (Å²) in [6.07, 6.45) is 0. The maximum atomic E-state index is 12.3. The summed E-state index contributed by atoms with van der Waals surface area (Å²) >= 11 is 0. The molecular formula is C22H22N2O. The molecule has 1 N–H and O–H groups in total. The van der Waals surface area contributed by atoms with E-state index in [1.165, 1.54) is 0 Å². The Morgan fingerprint density at radius 3 is 2.04 bits per heavy atom. The van der Waals surface area contributed by atoms with Gasteiger partial charge in [0.2, 0.25) is 0 Å². The predicted molar refractivity (Wildman–Crippen MR) is 105 cm³/mol. The fraction of sp³-hybridized carbons (Fsp3) is 0.136. The van der Waals surface area contributed by atoms with Crippen molar-refractivity contribution in [1.29, 1.82) is 0 Å². The zero-order valence-electron chi connectivity index (χ0n) is 14.8. The molecule has 0 saturated heterocycles. The lowest BCUT2D eigenvalue weighted by Crippen LogP contribution is -2.18. The molecule has 3 aromatic carbocycles. The van der Waals surface area contributed by atoms with Crippen molar-refractivity contribution in [1.82, 2.24) is 5.32 Å². The molecule has 3 nitrogen and oxygen atoms in total. The minimum atomic E-state index is -0.0756. The second-order valence-electron chi connectivity index (χ2n) is 6.15. The molecule has 3 heteroatoms. The Hall–Kier alpha value is -3.07. The maximum Gasteiger partial charge on any atom is 0.251 e. The van der Waals surface area contributed by atoms with Crippen LogP contribution >= 0.6 is 0 Å². The van der Waals surface area contributed by atoms with Gasteiger partial charge in [-0.2, -0.15) is 0 Å². The normalized spacial score (nSPS) is 10.4. The zero-order valence-corrected chi connectivity index (χ0v) is 14.8. The summed E-state index contributed by atoms with van der Waals surface area (Å²) in [5.41, 5.74) is 6.04. The van der Waals surface area contributed by atoms with Crippen LogP contribution in [0.25, 0.3) is 22.3 Å². The van der Waals surface area contributed by atoms with Gasteiger partial charge >= 0.3 is 0 Å². The highest BCUT2D eigenvalue weighted by atomic mass is 16.1. The van der Waals surface area contributed by atoms with Crippen LogP contribution in [0.1, 0.15) is 10.4 Å². The lowest BCUT2D eigenvalue weighted by molar-refractivity contribution is 0.0964. The summed E-state index contributed by atoms with van der Waals surface area (Å²) in [5, 5.41) is 2.73. The molecule has 0 unspecified atom stereocenters. The van der Waals surface area contributed by atoms with Crippen LogP contribution < -0.4 is 10.2 Å². The van der Waals surface area contributed by atoms with E-state index < -0.39 is 0 Å². The molecule has 3 aromatic rings. The van der Waals surface area contributed by atoms with Crippen molar-refractivity contribution < 1.29 is 4.79 Å². The van der Waals surface area contributed by atoms with Crippen LogP contribution in [0.4, 0.5) is 5.69 Å². The Morgan fingerprint density at radius 1 is 0.800 bits per heavy atom. The molecule has 0 atom stereocenters. The number of hydrogen-bond donors (Lipinski definition) is 1. The van der Waals surface area contributed by atoms with E-state index in [1.807, 2.05) is 56.6 Å². The molecule has 0 fully saturated rings. The van der Waals surface area contributed by atoms with Crippen molar-refractivity contribution in [3.8, 4) is 22.3 Å². The van der Waals surface area contributed by atoms with E-state index >= 15 is 0 Å². The number of carbonyl (C=O) groups is 1. The van der Waals surface area contributed by atoms with E-state index in [-0.39, 0.29) is 5.91 Å². The SMILES string of the molecule is CNC(=O)c1ccc(-c2ccc(N(C)C)cc2)cc1-c1ccccc1. The summed E-state index contributed by atoms with van der Waals surface area (Å²) in [7, 11) is 5.71. The first kappa shape index (κ1) is 16.8. The molecule has 0 aliphatic rings. The fourth-order valence-electron chi connectivity index (χ4n) is 2.87. The van der Waals surface area contributed by atoms with Crippen molar-refractivity contribution in [3.05, 3.63) is 78.4 Å². The van der Waals surface area contributed by atoms with Gasteiger partial charge in [-0.05, 0) is 46.5 Å². The third kappa shape index (κ3) is 3.56. The lowest BCUT2D eigenvalue weighted by atomic mass is 9.94. The van der Waals surface area contributed by atoms with E-state index in [2.05, 4.69) is 40.5 Å². The van der Waals surface area contributed by atoms with Crippen LogP contribution in [0.2, 0.25) is 0 Å². The van der Waals surface area contributed by atoms with Gasteiger partial charge in [-0.1, -0.05) is 48.5 Å². The zero-order chi connectivity index (χ0) is 17.8. The molecule has 0 aliphatic heterocycles. The van der Waals surface area contributed by atoms with Crippen LogP contribution in [0.15, 0.2) is 72.8 Å². The minimum Gasteiger partial charge on any atom is -0.378 e. The van der Waals surface area contributed by atoms with E-state index in [0.29, 0.717) is 5.56 Å². The lowest BCUT2D eigenvalue weighted by Gasteiger charge is -2.14. The van der Waals surface area contributed by atoms with Crippen LogP contribution in [0.3, 0.4) is 0 Å². The van der Waals surface area contributed by atoms with Gasteiger partial charge < -0.3 is 10.2 Å². The van der Waals surface area contributed by atoms with Crippen LogP contribution in [-0.4, -0.2) is 27.1 Å². The van der Waals surface area contributed by atoms with Crippen molar-refractivity contribution in [3.63, 3.8) is 0 Å². The number of nitrogens with one attached hydrogen (secondary N) is 1. The highest BCUT2D eigenvalue weighted by Gasteiger charge is 2.13. The third-order valence-corrected chi connectivity index (χ3v) is 4.29. The summed E-state index contributed by atoms with van der Waals surface area (Å²) in [6, 6.07) is 24.4. The monoisotopic (exact) mass is 330 g/mol. The van der Waals surface area contributed by atoms with E-state index in [4.69, 9.17) is 0 Å². The van der Waals surface area contributed by atoms with Crippen LogP contribution in [-0.2, 0) is 0 Å². The third-order valence-electron chi connectivity index (χ3n) is 4.29. The molecule has 0 radical (unpaired) electrons. The Kier molecular flexibility index (Phi) is 4.85. The van der Waals surface area contributed by atoms with Crippen molar-refractivity contribution in [2.75, 3.05) is 26.0 Å². The van der Waals surface area contributed by atoms with E-state index in [0.717, 1.165) is 27.9 Å². The average Bonchev–Trinajstić information content (AvgIpc) is 2.67. The van der Waals surface area contributed by atoms with Gasteiger partial charge in [-0.15, -0.1) is 0 Å². The first-order valence-corrected chi connectivity index (χ1v) is 8.29. The van der Waals surface area contributed by atoms with E-state index in [1.54, 1.807) is 7.05 Å². The molecular weight excluding hydrogens is 308 g/mol. The van der Waals surface area contributed by atoms with Gasteiger partial charge in [0.05, 0.1) is 0 Å². The number of hydrogen-bond acceptors (Lipinski definition) is 2. The van der Waals surface area contributed by atoms with Crippen molar-refractivity contribution in [2.45, 2.75) is 0 Å². The highest BCUT2D eigenvalue weighted by Crippen LogP contribution is 2.30. The molecule has 0 aliphatic carbocycles. The van der Waals surface area contributed by atoms with Crippen molar-refractivity contribution in [2.24, 2.45) is 0 Å². The number of benzene rings is 3. The second-order valence-corrected chi connectivity index (χ2v) is 6.15. The topological polar surface area (TPSA) is 32.3 Å². The molecule has 0 bridgehead atoms. The predicted octanol–water partition coefficient (Wildman–Crippen LogP) is 4.45. The van der Waals surface area contributed by atoms with Gasteiger partial charge in [0.25, 0.3) is 5.91 Å². The van der Waals surface area contributed by atoms with E-state index in [9.17, 15) is 4.79 Å². The number of rotatable bonds is 4. The standard InChI is InChI=1S/C22H22N2O/c1-23-22(25)20-14-11-18(15-21(20)17-7-5-4-6-8-17)16-9-12-19(13-10-16)24(2)3/h4-15H,1-3H3,(H,23,25). The summed E-state index contributed by atoms with van der Waals surface area (Å²) in [4.78, 5) is 14.3. The highest BCUT2D eigenvalue weighted by molar-refractivity contribution is 6.01. The molecule has 25 heavy (non-hydrogen) atoms. The average molecular weight is 330 g/mol. The Balaban J connectivity index is 2.09. The number of anilines is 1. The van der Waals surface area contributed by atoms with Crippen molar-refractivity contribution >= 4 is 11.6 Å². The van der Waals surface area contributed by atoms with Gasteiger partial charge in [0.1, 0.15) is 0 Å². The first-order chi connectivity index (χ1) is 12.1. The van der Waals surface area contributed by atoms with Gasteiger partial charge in [0, 0.05) is 32.4 Å². The molecule has 126 valence electrons. The molecule has 1 amide bonds. The van der Waals surface area contributed by atoms with Gasteiger partial charge in [-0.3, -0.25) is 4.79 Å². The largest absolute Gasteiger partial charge is 0.378 e. The van der Waals surface area contributed by atoms with Gasteiger partial charge in [0.15, 0.2) is 0 Å². The molecule has 0 heterocycles. The first-order valence-electron chi connectivity index (χ1n) is 8.29. The Bertz CT molecular complexity index is 868. The molecule has 0 spiro atoms. The van der Waals surface area contributed by atoms with Gasteiger partial charge in [-0.25, -0.2) is 0 Å². The fourth-order valence-corrected chi connectivity index (χ4v) is 2.87. The quantitative estimate of drug-likeness (QED) is 0.767. The maximum absolute atomic E-state index is 12.3.